The third-order valence-electron chi connectivity index (χ3n) is 8.82. The number of para-hydroxylation sites is 1. The number of nitrogens with zero attached hydrogens (tertiary/aromatic N) is 7. The number of aromatic nitrogens is 6. The molecule has 4 aromatic heterocycles. The fraction of sp³-hybridized carbons (Fsp3) is 0.394. The van der Waals surface area contributed by atoms with E-state index in [1.165, 1.54) is 0 Å². The average molecular weight is 577 g/mol. The number of hydrogen-bond donors (Lipinski definition) is 2. The Kier molecular flexibility index (Phi) is 7.22. The minimum atomic E-state index is -0.252. The first kappa shape index (κ1) is 27.4. The maximum atomic E-state index is 13.3. The molecule has 1 amide bonds. The number of aliphatic hydroxyl groups is 1. The topological polar surface area (TPSA) is 122 Å². The van der Waals surface area contributed by atoms with Crippen molar-refractivity contribution in [1.29, 1.82) is 0 Å². The van der Waals surface area contributed by atoms with E-state index < -0.39 is 0 Å². The Morgan fingerprint density at radius 3 is 2.42 bits per heavy atom. The van der Waals surface area contributed by atoms with E-state index in [1.54, 1.807) is 0 Å². The largest absolute Gasteiger partial charge is 0.393 e. The van der Waals surface area contributed by atoms with E-state index in [9.17, 15) is 9.90 Å². The molecule has 7 rings (SSSR count). The van der Waals surface area contributed by atoms with E-state index in [1.807, 2.05) is 73.5 Å². The van der Waals surface area contributed by atoms with E-state index in [0.717, 1.165) is 77.5 Å². The Morgan fingerprint density at radius 1 is 0.907 bits per heavy atom. The van der Waals surface area contributed by atoms with Crippen molar-refractivity contribution in [3.8, 4) is 0 Å². The van der Waals surface area contributed by atoms with Crippen molar-refractivity contribution >= 4 is 39.6 Å². The summed E-state index contributed by atoms with van der Waals surface area (Å²) in [4.78, 5) is 34.0. The lowest BCUT2D eigenvalue weighted by molar-refractivity contribution is 0.0711. The molecule has 1 aliphatic carbocycles. The number of likely N-dealkylation sites (tertiary alicyclic amines) is 1. The zero-order chi connectivity index (χ0) is 29.5. The summed E-state index contributed by atoms with van der Waals surface area (Å²) in [5, 5.41) is 20.7. The predicted molar refractivity (Wildman–Crippen MR) is 165 cm³/mol. The number of carbonyl (C=O) groups excluding carboxylic acids is 1. The molecule has 2 aliphatic rings. The van der Waals surface area contributed by atoms with Crippen LogP contribution in [0.15, 0.2) is 54.7 Å². The first-order valence-corrected chi connectivity index (χ1v) is 15.2. The van der Waals surface area contributed by atoms with Crippen LogP contribution in [0.3, 0.4) is 0 Å². The number of hydrogen-bond acceptors (Lipinski definition) is 8. The van der Waals surface area contributed by atoms with Crippen molar-refractivity contribution < 1.29 is 9.90 Å². The lowest BCUT2D eigenvalue weighted by Crippen LogP contribution is -2.38. The highest BCUT2D eigenvalue weighted by molar-refractivity contribution is 5.94. The van der Waals surface area contributed by atoms with Gasteiger partial charge in [0.15, 0.2) is 5.65 Å². The molecule has 0 spiro atoms. The molecule has 1 aliphatic heterocycles. The first-order chi connectivity index (χ1) is 20.9. The zero-order valence-corrected chi connectivity index (χ0v) is 24.6. The minimum Gasteiger partial charge on any atom is -0.393 e. The van der Waals surface area contributed by atoms with Crippen molar-refractivity contribution in [3.05, 3.63) is 77.4 Å². The summed E-state index contributed by atoms with van der Waals surface area (Å²) in [6, 6.07) is 15.9. The number of amides is 1. The summed E-state index contributed by atoms with van der Waals surface area (Å²) in [6.07, 6.45) is 6.50. The molecule has 43 heavy (non-hydrogen) atoms. The summed E-state index contributed by atoms with van der Waals surface area (Å²) in [6.45, 7) is 5.18. The number of pyridine rings is 2. The lowest BCUT2D eigenvalue weighted by Gasteiger charge is -2.31. The van der Waals surface area contributed by atoms with Gasteiger partial charge in [0.2, 0.25) is 5.95 Å². The number of anilines is 2. The highest BCUT2D eigenvalue weighted by atomic mass is 16.3. The second-order valence-corrected chi connectivity index (χ2v) is 11.9. The highest BCUT2D eigenvalue weighted by Crippen LogP contribution is 2.37. The molecule has 0 unspecified atom stereocenters. The molecule has 2 fully saturated rings. The van der Waals surface area contributed by atoms with Crippen molar-refractivity contribution in [2.75, 3.05) is 18.4 Å². The maximum absolute atomic E-state index is 13.3. The van der Waals surface area contributed by atoms with E-state index >= 15 is 0 Å². The monoisotopic (exact) mass is 576 g/mol. The van der Waals surface area contributed by atoms with Gasteiger partial charge in [-0.2, -0.15) is 10.1 Å². The molecule has 10 nitrogen and oxygen atoms in total. The van der Waals surface area contributed by atoms with E-state index in [-0.39, 0.29) is 24.0 Å². The Hall–Kier alpha value is -4.44. The van der Waals surface area contributed by atoms with Gasteiger partial charge in [-0.1, -0.05) is 18.2 Å². The summed E-state index contributed by atoms with van der Waals surface area (Å²) < 4.78 is 2.07. The molecule has 0 bridgehead atoms. The van der Waals surface area contributed by atoms with Gasteiger partial charge >= 0.3 is 0 Å². The number of nitrogens with one attached hydrogen (secondary N) is 1. The zero-order valence-electron chi connectivity index (χ0n) is 24.6. The number of rotatable bonds is 5. The molecule has 0 atom stereocenters. The van der Waals surface area contributed by atoms with Gasteiger partial charge in [-0.15, -0.1) is 0 Å². The third-order valence-corrected chi connectivity index (χ3v) is 8.82. The van der Waals surface area contributed by atoms with Crippen molar-refractivity contribution in [2.45, 2.75) is 70.4 Å². The SMILES string of the molecule is Cc1cc(C(=O)N2CCC(c3nn(C4CCC(O)CC4)c4nc(Nc5ccc6ccccc6n5)ncc34)CC2)cc(C)n1. The van der Waals surface area contributed by atoms with Gasteiger partial charge in [-0.25, -0.2) is 14.6 Å². The predicted octanol–water partition coefficient (Wildman–Crippen LogP) is 5.63. The molecular formula is C33H36N8O2. The summed E-state index contributed by atoms with van der Waals surface area (Å²) in [7, 11) is 0. The van der Waals surface area contributed by atoms with Crippen LogP contribution >= 0.6 is 0 Å². The Bertz CT molecular complexity index is 1780. The normalized spacial score (nSPS) is 19.7. The molecule has 5 aromatic rings. The van der Waals surface area contributed by atoms with Crippen LogP contribution in [-0.2, 0) is 0 Å². The second-order valence-electron chi connectivity index (χ2n) is 11.9. The van der Waals surface area contributed by atoms with Gasteiger partial charge in [0, 0.05) is 47.5 Å². The maximum Gasteiger partial charge on any atom is 0.253 e. The quantitative estimate of drug-likeness (QED) is 0.276. The van der Waals surface area contributed by atoms with Crippen molar-refractivity contribution in [1.82, 2.24) is 34.6 Å². The molecule has 5 heterocycles. The van der Waals surface area contributed by atoms with E-state index in [2.05, 4.69) is 20.0 Å². The fourth-order valence-corrected chi connectivity index (χ4v) is 6.61. The van der Waals surface area contributed by atoms with Gasteiger partial charge in [0.05, 0.1) is 28.7 Å². The van der Waals surface area contributed by atoms with E-state index in [4.69, 9.17) is 15.1 Å². The van der Waals surface area contributed by atoms with Crippen LogP contribution in [0.25, 0.3) is 21.9 Å². The molecule has 0 radical (unpaired) electrons. The number of benzene rings is 1. The van der Waals surface area contributed by atoms with Crippen LogP contribution in [0, 0.1) is 13.8 Å². The number of piperidine rings is 1. The second kappa shape index (κ2) is 11.3. The molecule has 1 aromatic carbocycles. The fourth-order valence-electron chi connectivity index (χ4n) is 6.61. The van der Waals surface area contributed by atoms with Crippen LogP contribution in [0.1, 0.15) is 77.9 Å². The number of aryl methyl sites for hydroxylation is 2. The third kappa shape index (κ3) is 5.54. The molecule has 1 saturated carbocycles. The van der Waals surface area contributed by atoms with Gasteiger partial charge in [-0.3, -0.25) is 9.78 Å². The van der Waals surface area contributed by atoms with Crippen LogP contribution in [0.5, 0.6) is 0 Å². The molecule has 220 valence electrons. The van der Waals surface area contributed by atoms with Crippen LogP contribution in [0.2, 0.25) is 0 Å². The van der Waals surface area contributed by atoms with Gasteiger partial charge in [-0.05, 0) is 82.7 Å². The van der Waals surface area contributed by atoms with Crippen molar-refractivity contribution in [2.24, 2.45) is 0 Å². The lowest BCUT2D eigenvalue weighted by atomic mass is 9.92. The van der Waals surface area contributed by atoms with E-state index in [0.29, 0.717) is 30.4 Å². The smallest absolute Gasteiger partial charge is 0.253 e. The number of aliphatic hydroxyl groups excluding tert-OH is 1. The van der Waals surface area contributed by atoms with Gasteiger partial charge < -0.3 is 15.3 Å². The highest BCUT2D eigenvalue weighted by Gasteiger charge is 2.31. The first-order valence-electron chi connectivity index (χ1n) is 15.2. The van der Waals surface area contributed by atoms with Gasteiger partial charge in [0.25, 0.3) is 5.91 Å². The van der Waals surface area contributed by atoms with Gasteiger partial charge in [0.1, 0.15) is 5.82 Å². The molecular weight excluding hydrogens is 540 g/mol. The Balaban J connectivity index is 1.16. The Morgan fingerprint density at radius 2 is 1.65 bits per heavy atom. The summed E-state index contributed by atoms with van der Waals surface area (Å²) in [5.41, 5.74) is 5.12. The average Bonchev–Trinajstić information content (AvgIpc) is 3.39. The molecule has 1 saturated heterocycles. The van der Waals surface area contributed by atoms with Crippen LogP contribution < -0.4 is 5.32 Å². The summed E-state index contributed by atoms with van der Waals surface area (Å²) in [5.74, 6) is 1.42. The van der Waals surface area contributed by atoms with Crippen LogP contribution in [-0.4, -0.2) is 64.8 Å². The van der Waals surface area contributed by atoms with Crippen molar-refractivity contribution in [3.63, 3.8) is 0 Å². The number of carbonyl (C=O) groups is 1. The summed E-state index contributed by atoms with van der Waals surface area (Å²) >= 11 is 0. The molecule has 2 N–H and O–H groups in total. The Labute approximate surface area is 250 Å². The molecule has 10 heteroatoms. The standard InChI is InChI=1S/C33H36N8O2/c1-20-17-24(18-21(2)35-20)32(43)40-15-13-23(14-16-40)30-27-19-34-33(37-29-12-7-22-5-3-4-6-28(22)36-29)38-31(27)41(39-30)25-8-10-26(42)11-9-25/h3-7,12,17-19,23,25-26,42H,8-11,13-16H2,1-2H3,(H,34,36,37,38). The minimum absolute atomic E-state index is 0.0598. The number of fused-ring (bicyclic) bond motifs is 2. The van der Waals surface area contributed by atoms with Crippen LogP contribution in [0.4, 0.5) is 11.8 Å².